The lowest BCUT2D eigenvalue weighted by atomic mass is 10.1. The molecule has 2 bridgehead atoms. The zero-order valence-corrected chi connectivity index (χ0v) is 10.3. The summed E-state index contributed by atoms with van der Waals surface area (Å²) in [6, 6.07) is 1.51. The predicted octanol–water partition coefficient (Wildman–Crippen LogP) is 0.476. The molecule has 0 aliphatic carbocycles. The molecule has 16 heavy (non-hydrogen) atoms. The molecule has 2 aliphatic rings. The number of nitrogens with zero attached hydrogens (tertiary/aromatic N) is 1. The molecule has 2 saturated heterocycles. The van der Waals surface area contributed by atoms with Gasteiger partial charge in [0.25, 0.3) is 0 Å². The van der Waals surface area contributed by atoms with Crippen LogP contribution in [0.15, 0.2) is 0 Å². The summed E-state index contributed by atoms with van der Waals surface area (Å²) >= 11 is 0. The molecule has 4 nitrogen and oxygen atoms in total. The van der Waals surface area contributed by atoms with Gasteiger partial charge in [-0.15, -0.1) is 0 Å². The average molecular weight is 228 g/mol. The minimum Gasteiger partial charge on any atom is -0.382 e. The SMILES string of the molecule is COCCOCCN1CCC2CCC(C1)N2. The van der Waals surface area contributed by atoms with E-state index in [0.717, 1.165) is 25.2 Å². The Hall–Kier alpha value is -0.160. The summed E-state index contributed by atoms with van der Waals surface area (Å²) in [5.41, 5.74) is 0. The molecule has 2 fully saturated rings. The molecule has 94 valence electrons. The Morgan fingerprint density at radius 3 is 2.88 bits per heavy atom. The van der Waals surface area contributed by atoms with Crippen molar-refractivity contribution in [3.8, 4) is 0 Å². The fraction of sp³-hybridized carbons (Fsp3) is 1.00. The van der Waals surface area contributed by atoms with E-state index in [9.17, 15) is 0 Å². The van der Waals surface area contributed by atoms with E-state index in [-0.39, 0.29) is 0 Å². The summed E-state index contributed by atoms with van der Waals surface area (Å²) in [6.45, 7) is 5.74. The third kappa shape index (κ3) is 3.70. The number of nitrogens with one attached hydrogen (secondary N) is 1. The zero-order valence-electron chi connectivity index (χ0n) is 10.3. The number of likely N-dealkylation sites (tertiary alicyclic amines) is 1. The highest BCUT2D eigenvalue weighted by Gasteiger charge is 2.28. The molecular weight excluding hydrogens is 204 g/mol. The number of fused-ring (bicyclic) bond motifs is 2. The molecule has 2 aliphatic heterocycles. The van der Waals surface area contributed by atoms with Crippen molar-refractivity contribution in [1.82, 2.24) is 10.2 Å². The quantitative estimate of drug-likeness (QED) is 0.670. The Labute approximate surface area is 98.3 Å². The van der Waals surface area contributed by atoms with Gasteiger partial charge in [0, 0.05) is 32.3 Å². The zero-order chi connectivity index (χ0) is 11.2. The van der Waals surface area contributed by atoms with E-state index in [1.54, 1.807) is 7.11 Å². The van der Waals surface area contributed by atoms with Crippen molar-refractivity contribution >= 4 is 0 Å². The third-order valence-corrected chi connectivity index (χ3v) is 3.59. The van der Waals surface area contributed by atoms with Crippen molar-refractivity contribution in [3.05, 3.63) is 0 Å². The Morgan fingerprint density at radius 1 is 1.12 bits per heavy atom. The predicted molar refractivity (Wildman–Crippen MR) is 63.7 cm³/mol. The molecule has 0 saturated carbocycles. The molecule has 1 N–H and O–H groups in total. The molecule has 2 unspecified atom stereocenters. The second-order valence-corrected chi connectivity index (χ2v) is 4.83. The lowest BCUT2D eigenvalue weighted by molar-refractivity contribution is 0.0565. The molecule has 0 amide bonds. The van der Waals surface area contributed by atoms with E-state index in [1.165, 1.54) is 32.4 Å². The summed E-state index contributed by atoms with van der Waals surface area (Å²) < 4.78 is 10.5. The van der Waals surface area contributed by atoms with Gasteiger partial charge in [-0.3, -0.25) is 4.90 Å². The molecule has 2 rings (SSSR count). The third-order valence-electron chi connectivity index (χ3n) is 3.59. The maximum Gasteiger partial charge on any atom is 0.0700 e. The van der Waals surface area contributed by atoms with Crippen molar-refractivity contribution in [2.45, 2.75) is 31.3 Å². The molecule has 0 aromatic rings. The smallest absolute Gasteiger partial charge is 0.0700 e. The van der Waals surface area contributed by atoms with Gasteiger partial charge in [0.2, 0.25) is 0 Å². The van der Waals surface area contributed by atoms with Crippen LogP contribution in [0.1, 0.15) is 19.3 Å². The number of methoxy groups -OCH3 is 1. The summed E-state index contributed by atoms with van der Waals surface area (Å²) in [7, 11) is 1.71. The molecule has 2 atom stereocenters. The summed E-state index contributed by atoms with van der Waals surface area (Å²) in [5, 5.41) is 3.69. The number of ether oxygens (including phenoxy) is 2. The average Bonchev–Trinajstić information content (AvgIpc) is 2.61. The van der Waals surface area contributed by atoms with Gasteiger partial charge in [-0.1, -0.05) is 0 Å². The van der Waals surface area contributed by atoms with Crippen molar-refractivity contribution < 1.29 is 9.47 Å². The van der Waals surface area contributed by atoms with E-state index >= 15 is 0 Å². The van der Waals surface area contributed by atoms with Crippen LogP contribution in [0.5, 0.6) is 0 Å². The molecule has 4 heteroatoms. The van der Waals surface area contributed by atoms with Crippen LogP contribution in [0.2, 0.25) is 0 Å². The first kappa shape index (κ1) is 12.3. The molecular formula is C12H24N2O2. The van der Waals surface area contributed by atoms with Crippen molar-refractivity contribution in [1.29, 1.82) is 0 Å². The van der Waals surface area contributed by atoms with Crippen LogP contribution in [0.3, 0.4) is 0 Å². The van der Waals surface area contributed by atoms with Crippen LogP contribution in [0.4, 0.5) is 0 Å². The topological polar surface area (TPSA) is 33.7 Å². The van der Waals surface area contributed by atoms with Gasteiger partial charge in [-0.2, -0.15) is 0 Å². The van der Waals surface area contributed by atoms with E-state index in [1.807, 2.05) is 0 Å². The number of hydrogen-bond acceptors (Lipinski definition) is 4. The van der Waals surface area contributed by atoms with E-state index in [4.69, 9.17) is 9.47 Å². The lowest BCUT2D eigenvalue weighted by Crippen LogP contribution is -2.37. The van der Waals surface area contributed by atoms with Crippen molar-refractivity contribution in [2.75, 3.05) is 46.6 Å². The monoisotopic (exact) mass is 228 g/mol. The second-order valence-electron chi connectivity index (χ2n) is 4.83. The van der Waals surface area contributed by atoms with E-state index in [0.29, 0.717) is 13.2 Å². The van der Waals surface area contributed by atoms with E-state index < -0.39 is 0 Å². The summed E-state index contributed by atoms with van der Waals surface area (Å²) in [5.74, 6) is 0. The maximum atomic E-state index is 5.51. The minimum atomic E-state index is 0.701. The number of rotatable bonds is 6. The molecule has 0 aromatic heterocycles. The highest BCUT2D eigenvalue weighted by atomic mass is 16.5. The number of hydrogen-bond donors (Lipinski definition) is 1. The van der Waals surface area contributed by atoms with Crippen molar-refractivity contribution in [3.63, 3.8) is 0 Å². The van der Waals surface area contributed by atoms with Crippen LogP contribution in [0, 0.1) is 0 Å². The normalized spacial score (nSPS) is 30.6. The van der Waals surface area contributed by atoms with Crippen LogP contribution < -0.4 is 5.32 Å². The van der Waals surface area contributed by atoms with Crippen LogP contribution in [-0.4, -0.2) is 63.5 Å². The highest BCUT2D eigenvalue weighted by molar-refractivity contribution is 4.89. The molecule has 0 spiro atoms. The lowest BCUT2D eigenvalue weighted by Gasteiger charge is -2.23. The maximum absolute atomic E-state index is 5.51. The van der Waals surface area contributed by atoms with Gasteiger partial charge in [-0.05, 0) is 25.8 Å². The Balaban J connectivity index is 1.59. The van der Waals surface area contributed by atoms with Crippen LogP contribution >= 0.6 is 0 Å². The van der Waals surface area contributed by atoms with Crippen LogP contribution in [-0.2, 0) is 9.47 Å². The summed E-state index contributed by atoms with van der Waals surface area (Å²) in [4.78, 5) is 2.53. The van der Waals surface area contributed by atoms with Gasteiger partial charge >= 0.3 is 0 Å². The Kier molecular flexibility index (Phi) is 5.03. The van der Waals surface area contributed by atoms with Crippen LogP contribution in [0.25, 0.3) is 0 Å². The van der Waals surface area contributed by atoms with Gasteiger partial charge in [0.1, 0.15) is 0 Å². The first-order valence-corrected chi connectivity index (χ1v) is 6.43. The Bertz CT molecular complexity index is 201. The Morgan fingerprint density at radius 2 is 2.00 bits per heavy atom. The summed E-state index contributed by atoms with van der Waals surface area (Å²) in [6.07, 6.45) is 4.03. The minimum absolute atomic E-state index is 0.701. The fourth-order valence-electron chi connectivity index (χ4n) is 2.66. The fourth-order valence-corrected chi connectivity index (χ4v) is 2.66. The van der Waals surface area contributed by atoms with Gasteiger partial charge < -0.3 is 14.8 Å². The largest absolute Gasteiger partial charge is 0.382 e. The second kappa shape index (κ2) is 6.55. The van der Waals surface area contributed by atoms with Gasteiger partial charge in [0.05, 0.1) is 19.8 Å². The molecule has 0 radical (unpaired) electrons. The van der Waals surface area contributed by atoms with Crippen molar-refractivity contribution in [2.24, 2.45) is 0 Å². The van der Waals surface area contributed by atoms with E-state index in [2.05, 4.69) is 10.2 Å². The highest BCUT2D eigenvalue weighted by Crippen LogP contribution is 2.19. The molecule has 2 heterocycles. The van der Waals surface area contributed by atoms with Gasteiger partial charge in [0.15, 0.2) is 0 Å². The first-order chi connectivity index (χ1) is 7.88. The standard InChI is InChI=1S/C12H24N2O2/c1-15-8-9-16-7-6-14-5-4-11-2-3-12(10-14)13-11/h11-13H,2-10H2,1H3. The first-order valence-electron chi connectivity index (χ1n) is 6.43. The molecule has 0 aromatic carbocycles. The van der Waals surface area contributed by atoms with Gasteiger partial charge in [-0.25, -0.2) is 0 Å².